The van der Waals surface area contributed by atoms with Crippen molar-refractivity contribution in [3.8, 4) is 40.1 Å². The van der Waals surface area contributed by atoms with Crippen LogP contribution in [0.4, 0.5) is 0 Å². The van der Waals surface area contributed by atoms with Gasteiger partial charge in [0.15, 0.2) is 11.3 Å². The molecule has 10 nitrogen and oxygen atoms in total. The fourth-order valence-electron chi connectivity index (χ4n) is 6.56. The van der Waals surface area contributed by atoms with Crippen molar-refractivity contribution in [3.05, 3.63) is 65.2 Å². The average molecular weight is 618 g/mol. The molecule has 1 aliphatic carbocycles. The van der Waals surface area contributed by atoms with Crippen molar-refractivity contribution in [2.45, 2.75) is 31.4 Å². The summed E-state index contributed by atoms with van der Waals surface area (Å²) in [5, 5.41) is 14.4. The molecule has 3 fully saturated rings. The van der Waals surface area contributed by atoms with Gasteiger partial charge in [0.2, 0.25) is 0 Å². The SMILES string of the molecule is COc1cc(C(=O)[N-]C2C3CC2CN(C)C3)cnc1-c1cc2nccc(-c3ccc(OC4CCOCC4)c(C#N)c3)c2o1.[K+]. The predicted octanol–water partition coefficient (Wildman–Crippen LogP) is 2.46. The maximum Gasteiger partial charge on any atom is 1.00 e. The van der Waals surface area contributed by atoms with Crippen LogP contribution < -0.4 is 60.9 Å². The number of furan rings is 1. The Kier molecular flexibility index (Phi) is 9.40. The molecule has 0 N–H and O–H groups in total. The minimum atomic E-state index is -0.271. The van der Waals surface area contributed by atoms with E-state index in [1.165, 1.54) is 13.3 Å². The standard InChI is InChI=1S/C33H33N5O5.K/c1-38-17-22-12-23(18-38)30(22)37-33(39)21-13-28(40-2)31(36-16-21)29-14-26-32(43-29)25(5-8-35-26)19-3-4-27(20(11-19)15-34)42-24-6-9-41-10-7-24;/h3-5,8,11,13-14,16,22-24,30H,6-7,9-10,12,17-18H2,1-2H3,(H,37,39);/q;+1/p-1. The molecule has 1 saturated carbocycles. The van der Waals surface area contributed by atoms with Gasteiger partial charge in [-0.1, -0.05) is 6.07 Å². The van der Waals surface area contributed by atoms with Crippen LogP contribution in [-0.4, -0.2) is 73.4 Å². The fraction of sp³-hybridized carbons (Fsp3) is 0.394. The molecule has 11 heteroatoms. The van der Waals surface area contributed by atoms with Crippen LogP contribution in [0, 0.1) is 23.2 Å². The molecule has 3 aromatic heterocycles. The van der Waals surface area contributed by atoms with Crippen LogP contribution in [0.25, 0.3) is 39.0 Å². The number of hydrogen-bond donors (Lipinski definition) is 0. The molecular weight excluding hydrogens is 585 g/mol. The number of amides is 1. The number of nitriles is 1. The van der Waals surface area contributed by atoms with Gasteiger partial charge < -0.3 is 33.6 Å². The minimum Gasteiger partial charge on any atom is -0.646 e. The van der Waals surface area contributed by atoms with Gasteiger partial charge in [-0.3, -0.25) is 4.98 Å². The Morgan fingerprint density at radius 2 is 1.89 bits per heavy atom. The zero-order chi connectivity index (χ0) is 29.5. The van der Waals surface area contributed by atoms with Crippen LogP contribution in [0.5, 0.6) is 11.5 Å². The van der Waals surface area contributed by atoms with Crippen molar-refractivity contribution >= 4 is 17.0 Å². The molecule has 2 saturated heterocycles. The number of carbonyl (C=O) groups excluding carboxylic acids is 1. The molecule has 3 aliphatic rings. The maximum absolute atomic E-state index is 13.1. The Balaban J connectivity index is 0.00000343. The molecule has 2 unspecified atom stereocenters. The fourth-order valence-corrected chi connectivity index (χ4v) is 6.56. The molecule has 44 heavy (non-hydrogen) atoms. The zero-order valence-electron chi connectivity index (χ0n) is 25.2. The van der Waals surface area contributed by atoms with Gasteiger partial charge in [-0.2, -0.15) is 5.26 Å². The second-order valence-electron chi connectivity index (χ2n) is 11.6. The number of rotatable bonds is 7. The smallest absolute Gasteiger partial charge is 0.646 e. The molecule has 5 heterocycles. The Morgan fingerprint density at radius 3 is 2.64 bits per heavy atom. The number of methoxy groups -OCH3 is 1. The second-order valence-corrected chi connectivity index (χ2v) is 11.6. The van der Waals surface area contributed by atoms with Gasteiger partial charge in [0.25, 0.3) is 0 Å². The number of aromatic nitrogens is 2. The summed E-state index contributed by atoms with van der Waals surface area (Å²) in [6, 6.07) is 13.2. The second kappa shape index (κ2) is 13.3. The summed E-state index contributed by atoms with van der Waals surface area (Å²) < 4.78 is 23.5. The number of likely N-dealkylation sites (tertiary alicyclic amines) is 1. The van der Waals surface area contributed by atoms with Crippen LogP contribution in [0.3, 0.4) is 0 Å². The van der Waals surface area contributed by atoms with Gasteiger partial charge >= 0.3 is 51.4 Å². The molecule has 2 bridgehead atoms. The molecule has 220 valence electrons. The summed E-state index contributed by atoms with van der Waals surface area (Å²) in [5.74, 6) is 2.05. The largest absolute Gasteiger partial charge is 1.00 e. The number of piperidine rings is 2. The first-order valence-corrected chi connectivity index (χ1v) is 14.7. The molecule has 4 aromatic rings. The quantitative estimate of drug-likeness (QED) is 0.288. The van der Waals surface area contributed by atoms with Gasteiger partial charge in [0.05, 0.1) is 31.8 Å². The molecular formula is C33H32KN5O5. The molecule has 2 atom stereocenters. The van der Waals surface area contributed by atoms with E-state index in [9.17, 15) is 10.1 Å². The Morgan fingerprint density at radius 1 is 1.09 bits per heavy atom. The van der Waals surface area contributed by atoms with Crippen LogP contribution in [0.2, 0.25) is 0 Å². The van der Waals surface area contributed by atoms with Crippen molar-refractivity contribution in [2.75, 3.05) is 40.5 Å². The van der Waals surface area contributed by atoms with Crippen molar-refractivity contribution in [1.29, 1.82) is 5.26 Å². The number of ether oxygens (including phenoxy) is 3. The van der Waals surface area contributed by atoms with Crippen LogP contribution in [0.15, 0.2) is 53.2 Å². The number of pyridine rings is 2. The molecule has 0 spiro atoms. The maximum atomic E-state index is 13.1. The number of nitrogens with zero attached hydrogens (tertiary/aromatic N) is 5. The summed E-state index contributed by atoms with van der Waals surface area (Å²) in [5.41, 5.74) is 4.08. The first kappa shape index (κ1) is 31.2. The van der Waals surface area contributed by atoms with E-state index in [1.807, 2.05) is 24.3 Å². The normalized spacial score (nSPS) is 21.5. The van der Waals surface area contributed by atoms with Crippen molar-refractivity contribution < 1.29 is 74.8 Å². The Hall–Kier alpha value is -2.82. The van der Waals surface area contributed by atoms with Gasteiger partial charge in [0.1, 0.15) is 34.9 Å². The van der Waals surface area contributed by atoms with E-state index in [1.54, 1.807) is 18.3 Å². The molecule has 2 aliphatic heterocycles. The third-order valence-corrected chi connectivity index (χ3v) is 8.77. The molecule has 7 rings (SSSR count). The van der Waals surface area contributed by atoms with Crippen LogP contribution in [-0.2, 0) is 4.74 Å². The summed E-state index contributed by atoms with van der Waals surface area (Å²) in [7, 11) is 3.66. The first-order valence-electron chi connectivity index (χ1n) is 14.7. The van der Waals surface area contributed by atoms with E-state index >= 15 is 0 Å². The Bertz CT molecular complexity index is 1720. The Labute approximate surface area is 298 Å². The van der Waals surface area contributed by atoms with Gasteiger partial charge in [-0.05, 0) is 68.2 Å². The molecule has 1 amide bonds. The van der Waals surface area contributed by atoms with E-state index in [0.29, 0.717) is 70.2 Å². The number of carbonyl (C=O) groups is 1. The topological polar surface area (TPSA) is 125 Å². The first-order chi connectivity index (χ1) is 21.0. The number of hydrogen-bond acceptors (Lipinski definition) is 9. The summed E-state index contributed by atoms with van der Waals surface area (Å²) in [6.45, 7) is 3.28. The van der Waals surface area contributed by atoms with Crippen molar-refractivity contribution in [1.82, 2.24) is 14.9 Å². The van der Waals surface area contributed by atoms with Gasteiger partial charge in [-0.15, -0.1) is 6.04 Å². The average Bonchev–Trinajstić information content (AvgIpc) is 3.48. The van der Waals surface area contributed by atoms with Crippen molar-refractivity contribution in [2.24, 2.45) is 11.8 Å². The third-order valence-electron chi connectivity index (χ3n) is 8.77. The zero-order valence-corrected chi connectivity index (χ0v) is 28.3. The summed E-state index contributed by atoms with van der Waals surface area (Å²) >= 11 is 0. The van der Waals surface area contributed by atoms with E-state index in [-0.39, 0.29) is 69.4 Å². The number of fused-ring (bicyclic) bond motifs is 3. The van der Waals surface area contributed by atoms with Gasteiger partial charge in [0, 0.05) is 42.4 Å². The van der Waals surface area contributed by atoms with E-state index in [4.69, 9.17) is 18.6 Å². The summed E-state index contributed by atoms with van der Waals surface area (Å²) in [6.07, 6.45) is 6.00. The third kappa shape index (κ3) is 6.05. The van der Waals surface area contributed by atoms with Crippen molar-refractivity contribution in [3.63, 3.8) is 0 Å². The summed E-state index contributed by atoms with van der Waals surface area (Å²) in [4.78, 5) is 24.4. The molecule has 1 aromatic carbocycles. The van der Waals surface area contributed by atoms with Crippen LogP contribution >= 0.6 is 0 Å². The predicted molar refractivity (Wildman–Crippen MR) is 159 cm³/mol. The van der Waals surface area contributed by atoms with E-state index in [0.717, 1.165) is 43.5 Å². The monoisotopic (exact) mass is 617 g/mol. The number of benzene rings is 1. The van der Waals surface area contributed by atoms with Gasteiger partial charge in [-0.25, -0.2) is 4.98 Å². The van der Waals surface area contributed by atoms with Crippen LogP contribution in [0.1, 0.15) is 35.2 Å². The van der Waals surface area contributed by atoms with E-state index < -0.39 is 0 Å². The molecule has 0 radical (unpaired) electrons. The van der Waals surface area contributed by atoms with E-state index in [2.05, 4.69) is 33.3 Å². The minimum absolute atomic E-state index is 0.